The second kappa shape index (κ2) is 7.78. The van der Waals surface area contributed by atoms with Gasteiger partial charge < -0.3 is 14.6 Å². The van der Waals surface area contributed by atoms with Gasteiger partial charge in [0, 0.05) is 6.61 Å². The molecule has 0 aromatic rings. The summed E-state index contributed by atoms with van der Waals surface area (Å²) in [6.45, 7) is 2.10. The van der Waals surface area contributed by atoms with Gasteiger partial charge in [0.05, 0.1) is 24.5 Å². The van der Waals surface area contributed by atoms with Gasteiger partial charge in [-0.1, -0.05) is 13.3 Å². The van der Waals surface area contributed by atoms with E-state index in [0.29, 0.717) is 19.4 Å². The van der Waals surface area contributed by atoms with Crippen LogP contribution in [0.15, 0.2) is 0 Å². The average molecular weight is 295 g/mol. The van der Waals surface area contributed by atoms with Crippen LogP contribution in [0.1, 0.15) is 26.2 Å². The van der Waals surface area contributed by atoms with E-state index in [-0.39, 0.29) is 12.4 Å². The van der Waals surface area contributed by atoms with E-state index in [1.165, 1.54) is 0 Å². The smallest absolute Gasteiger partial charge is 0.329 e. The zero-order chi connectivity index (χ0) is 14.3. The predicted octanol–water partition coefficient (Wildman–Crippen LogP) is -0.0354. The number of unbranched alkanes of at least 4 members (excludes halogenated alkanes) is 1. The Morgan fingerprint density at radius 2 is 2.26 bits per heavy atom. The monoisotopic (exact) mass is 295 g/mol. The van der Waals surface area contributed by atoms with E-state index >= 15 is 0 Å². The molecule has 112 valence electrons. The molecule has 0 unspecified atom stereocenters. The number of hydrogen-bond donors (Lipinski definition) is 2. The normalized spacial score (nSPS) is 24.3. The van der Waals surface area contributed by atoms with Crippen LogP contribution < -0.4 is 4.72 Å². The predicted molar refractivity (Wildman–Crippen MR) is 68.4 cm³/mol. The molecule has 0 aliphatic carbocycles. The number of nitrogens with one attached hydrogen (secondary N) is 1. The molecule has 1 aliphatic rings. The van der Waals surface area contributed by atoms with Crippen LogP contribution in [0.4, 0.5) is 0 Å². The van der Waals surface area contributed by atoms with Gasteiger partial charge >= 0.3 is 5.97 Å². The number of carboxylic acid groups (broad SMARTS) is 1. The van der Waals surface area contributed by atoms with E-state index in [1.54, 1.807) is 0 Å². The van der Waals surface area contributed by atoms with Crippen molar-refractivity contribution in [1.82, 2.24) is 4.72 Å². The van der Waals surface area contributed by atoms with Crippen LogP contribution >= 0.6 is 0 Å². The highest BCUT2D eigenvalue weighted by Gasteiger charge is 2.30. The summed E-state index contributed by atoms with van der Waals surface area (Å²) in [5.74, 6) is -1.01. The topological polar surface area (TPSA) is 102 Å². The lowest BCUT2D eigenvalue weighted by atomic mass is 10.1. The molecular weight excluding hydrogens is 274 g/mol. The average Bonchev–Trinajstić information content (AvgIpc) is 2.35. The van der Waals surface area contributed by atoms with Gasteiger partial charge in [-0.2, -0.15) is 0 Å². The standard InChI is InChI=1S/C11H21NO6S/c1-2-3-6-19(15,16)12-9-4-5-17-7-10(9)18-8-11(13)14/h9-10,12H,2-8H2,1H3,(H,13,14)/t9-,10-/m1/s1. The molecule has 0 radical (unpaired) electrons. The van der Waals surface area contributed by atoms with E-state index in [2.05, 4.69) is 4.72 Å². The molecule has 0 spiro atoms. The third-order valence-corrected chi connectivity index (χ3v) is 4.31. The van der Waals surface area contributed by atoms with Crippen molar-refractivity contribution in [3.63, 3.8) is 0 Å². The molecule has 2 N–H and O–H groups in total. The summed E-state index contributed by atoms with van der Waals surface area (Å²) in [7, 11) is -3.35. The van der Waals surface area contributed by atoms with Crippen molar-refractivity contribution in [3.8, 4) is 0 Å². The lowest BCUT2D eigenvalue weighted by Gasteiger charge is -2.31. The number of hydrogen-bond acceptors (Lipinski definition) is 5. The van der Waals surface area contributed by atoms with Gasteiger partial charge in [-0.3, -0.25) is 0 Å². The van der Waals surface area contributed by atoms with Gasteiger partial charge in [0.1, 0.15) is 6.61 Å². The summed E-state index contributed by atoms with van der Waals surface area (Å²) in [5.41, 5.74) is 0. The highest BCUT2D eigenvalue weighted by molar-refractivity contribution is 7.89. The minimum atomic E-state index is -3.35. The van der Waals surface area contributed by atoms with Crippen LogP contribution in [0.25, 0.3) is 0 Å². The number of sulfonamides is 1. The molecule has 1 rings (SSSR count). The molecule has 19 heavy (non-hydrogen) atoms. The van der Waals surface area contributed by atoms with Crippen LogP contribution in [0, 0.1) is 0 Å². The molecule has 0 saturated carbocycles. The maximum atomic E-state index is 11.8. The molecule has 7 nitrogen and oxygen atoms in total. The molecule has 1 aliphatic heterocycles. The number of carboxylic acids is 1. The van der Waals surface area contributed by atoms with Crippen molar-refractivity contribution < 1.29 is 27.8 Å². The van der Waals surface area contributed by atoms with Gasteiger partial charge in [-0.05, 0) is 12.8 Å². The van der Waals surface area contributed by atoms with Crippen LogP contribution in [0.3, 0.4) is 0 Å². The van der Waals surface area contributed by atoms with Crippen molar-refractivity contribution in [1.29, 1.82) is 0 Å². The summed E-state index contributed by atoms with van der Waals surface area (Å²) in [6.07, 6.45) is 1.32. The highest BCUT2D eigenvalue weighted by atomic mass is 32.2. The quantitative estimate of drug-likeness (QED) is 0.651. The fourth-order valence-electron chi connectivity index (χ4n) is 1.81. The van der Waals surface area contributed by atoms with E-state index in [0.717, 1.165) is 6.42 Å². The van der Waals surface area contributed by atoms with Crippen molar-refractivity contribution >= 4 is 16.0 Å². The van der Waals surface area contributed by atoms with Crippen LogP contribution in [0.2, 0.25) is 0 Å². The number of ether oxygens (including phenoxy) is 2. The van der Waals surface area contributed by atoms with Crippen molar-refractivity contribution in [2.45, 2.75) is 38.3 Å². The second-order valence-electron chi connectivity index (χ2n) is 4.50. The Hall–Kier alpha value is -0.700. The first kappa shape index (κ1) is 16.4. The van der Waals surface area contributed by atoms with E-state index in [9.17, 15) is 13.2 Å². The van der Waals surface area contributed by atoms with Gasteiger partial charge in [-0.15, -0.1) is 0 Å². The molecule has 0 aromatic heterocycles. The summed E-state index contributed by atoms with van der Waals surface area (Å²) >= 11 is 0. The van der Waals surface area contributed by atoms with Gasteiger partial charge in [0.25, 0.3) is 0 Å². The molecule has 0 aromatic carbocycles. The van der Waals surface area contributed by atoms with Gasteiger partial charge in [-0.25, -0.2) is 17.9 Å². The summed E-state index contributed by atoms with van der Waals surface area (Å²) in [6, 6.07) is -0.421. The molecule has 1 saturated heterocycles. The largest absolute Gasteiger partial charge is 0.480 e. The molecule has 1 fully saturated rings. The molecule has 1 heterocycles. The zero-order valence-corrected chi connectivity index (χ0v) is 11.8. The Balaban J connectivity index is 2.54. The fraction of sp³-hybridized carbons (Fsp3) is 0.909. The van der Waals surface area contributed by atoms with Crippen LogP contribution in [0.5, 0.6) is 0 Å². The molecule has 2 atom stereocenters. The minimum absolute atomic E-state index is 0.0759. The lowest BCUT2D eigenvalue weighted by molar-refractivity contribution is -0.148. The van der Waals surface area contributed by atoms with Crippen molar-refractivity contribution in [3.05, 3.63) is 0 Å². The summed E-state index contributed by atoms with van der Waals surface area (Å²) in [4.78, 5) is 10.5. The van der Waals surface area contributed by atoms with Crippen molar-refractivity contribution in [2.75, 3.05) is 25.6 Å². The SMILES string of the molecule is CCCCS(=O)(=O)N[C@@H]1CCOC[C@H]1OCC(=O)O. The summed E-state index contributed by atoms with van der Waals surface area (Å²) in [5, 5.41) is 8.57. The summed E-state index contributed by atoms with van der Waals surface area (Å²) < 4.78 is 36.6. The van der Waals surface area contributed by atoms with Gasteiger partial charge in [0.15, 0.2) is 0 Å². The Morgan fingerprint density at radius 1 is 1.53 bits per heavy atom. The fourth-order valence-corrected chi connectivity index (χ4v) is 3.33. The minimum Gasteiger partial charge on any atom is -0.480 e. The molecular formula is C11H21NO6S. The Labute approximate surface area is 113 Å². The third kappa shape index (κ3) is 6.33. The third-order valence-electron chi connectivity index (χ3n) is 2.82. The number of aliphatic carboxylic acids is 1. The second-order valence-corrected chi connectivity index (χ2v) is 6.38. The first-order chi connectivity index (χ1) is 8.94. The lowest BCUT2D eigenvalue weighted by Crippen LogP contribution is -2.50. The zero-order valence-electron chi connectivity index (χ0n) is 11.0. The maximum absolute atomic E-state index is 11.8. The Morgan fingerprint density at radius 3 is 2.89 bits per heavy atom. The van der Waals surface area contributed by atoms with E-state index in [4.69, 9.17) is 14.6 Å². The van der Waals surface area contributed by atoms with E-state index < -0.39 is 34.7 Å². The van der Waals surface area contributed by atoms with Crippen LogP contribution in [-0.2, 0) is 24.3 Å². The van der Waals surface area contributed by atoms with E-state index in [1.807, 2.05) is 6.92 Å². The first-order valence-corrected chi connectivity index (χ1v) is 8.01. The number of rotatable bonds is 8. The molecule has 0 bridgehead atoms. The number of carbonyl (C=O) groups is 1. The van der Waals surface area contributed by atoms with Gasteiger partial charge in [0.2, 0.25) is 10.0 Å². The Bertz CT molecular complexity index is 383. The highest BCUT2D eigenvalue weighted by Crippen LogP contribution is 2.13. The van der Waals surface area contributed by atoms with Crippen molar-refractivity contribution in [2.24, 2.45) is 0 Å². The maximum Gasteiger partial charge on any atom is 0.329 e. The Kier molecular flexibility index (Phi) is 6.70. The first-order valence-electron chi connectivity index (χ1n) is 6.35. The molecule has 8 heteroatoms. The molecule has 0 amide bonds. The van der Waals surface area contributed by atoms with Crippen LogP contribution in [-0.4, -0.2) is 57.2 Å².